The number of rotatable bonds is 1. The molecule has 3 nitrogen and oxygen atoms in total. The van der Waals surface area contributed by atoms with Crippen molar-refractivity contribution in [1.82, 2.24) is 0 Å². The smallest absolute Gasteiger partial charge is 0.232 e. The van der Waals surface area contributed by atoms with Crippen molar-refractivity contribution in [2.75, 3.05) is 12.0 Å². The highest BCUT2D eigenvalue weighted by Crippen LogP contribution is 2.52. The molecule has 0 N–H and O–H groups in total. The molecule has 0 fully saturated rings. The molecule has 2 aliphatic rings. The predicted octanol–water partition coefficient (Wildman–Crippen LogP) is 3.99. The summed E-state index contributed by atoms with van der Waals surface area (Å²) in [7, 11) is 1.68. The number of carbonyl (C=O) groups excluding carboxylic acids is 1. The maximum atomic E-state index is 12.9. The van der Waals surface area contributed by atoms with Crippen molar-refractivity contribution in [1.29, 1.82) is 0 Å². The van der Waals surface area contributed by atoms with Gasteiger partial charge in [0.2, 0.25) is 5.91 Å². The molecule has 1 atom stereocenters. The lowest BCUT2D eigenvalue weighted by atomic mass is 9.81. The van der Waals surface area contributed by atoms with E-state index in [1.54, 1.807) is 18.9 Å². The van der Waals surface area contributed by atoms with Gasteiger partial charge in [-0.25, -0.2) is 0 Å². The van der Waals surface area contributed by atoms with E-state index in [0.29, 0.717) is 6.42 Å². The van der Waals surface area contributed by atoms with Crippen LogP contribution in [0.3, 0.4) is 0 Å². The molecule has 1 unspecified atom stereocenters. The van der Waals surface area contributed by atoms with E-state index in [0.717, 1.165) is 17.0 Å². The number of carbonyl (C=O) groups is 1. The van der Waals surface area contributed by atoms with Gasteiger partial charge in [0.05, 0.1) is 24.6 Å². The van der Waals surface area contributed by atoms with E-state index in [-0.39, 0.29) is 16.7 Å². The average Bonchev–Trinajstić information content (AvgIpc) is 2.92. The fourth-order valence-corrected chi connectivity index (χ4v) is 5.05. The number of para-hydroxylation sites is 1. The Labute approximate surface area is 140 Å². The number of benzene rings is 2. The molecule has 2 aliphatic heterocycles. The van der Waals surface area contributed by atoms with Crippen LogP contribution in [0.2, 0.25) is 0 Å². The molecular formula is C19H19NO2S. The Hall–Kier alpha value is -1.94. The first-order chi connectivity index (χ1) is 11.0. The van der Waals surface area contributed by atoms with Gasteiger partial charge in [-0.1, -0.05) is 43.8 Å². The molecule has 2 aromatic rings. The topological polar surface area (TPSA) is 29.5 Å². The van der Waals surface area contributed by atoms with E-state index >= 15 is 0 Å². The quantitative estimate of drug-likeness (QED) is 0.794. The number of fused-ring (bicyclic) bond motifs is 4. The van der Waals surface area contributed by atoms with Gasteiger partial charge in [-0.15, -0.1) is 0 Å². The third-order valence-electron chi connectivity index (χ3n) is 4.84. The van der Waals surface area contributed by atoms with Crippen LogP contribution in [0.25, 0.3) is 0 Å². The fraction of sp³-hybridized carbons (Fsp3) is 0.316. The summed E-state index contributed by atoms with van der Waals surface area (Å²) in [5.41, 5.74) is 3.19. The van der Waals surface area contributed by atoms with E-state index in [4.69, 9.17) is 4.74 Å². The molecule has 0 saturated heterocycles. The van der Waals surface area contributed by atoms with Crippen molar-refractivity contribution < 1.29 is 9.53 Å². The van der Waals surface area contributed by atoms with Gasteiger partial charge in [0.15, 0.2) is 0 Å². The first kappa shape index (κ1) is 14.6. The summed E-state index contributed by atoms with van der Waals surface area (Å²) in [4.78, 5) is 16.1. The minimum atomic E-state index is -0.167. The fourth-order valence-electron chi connectivity index (χ4n) is 3.61. The number of nitrogens with zero attached hydrogens (tertiary/aromatic N) is 1. The number of amides is 1. The van der Waals surface area contributed by atoms with Gasteiger partial charge in [-0.05, 0) is 35.4 Å². The summed E-state index contributed by atoms with van der Waals surface area (Å²) in [5.74, 6) is 1.02. The molecule has 0 radical (unpaired) electrons. The first-order valence-electron chi connectivity index (χ1n) is 7.77. The zero-order valence-electron chi connectivity index (χ0n) is 13.5. The number of methoxy groups -OCH3 is 1. The van der Waals surface area contributed by atoms with Gasteiger partial charge in [-0.2, -0.15) is 0 Å². The van der Waals surface area contributed by atoms with Crippen LogP contribution in [0.15, 0.2) is 47.4 Å². The Kier molecular flexibility index (Phi) is 3.20. The summed E-state index contributed by atoms with van der Waals surface area (Å²) < 4.78 is 5.41. The lowest BCUT2D eigenvalue weighted by Crippen LogP contribution is -2.44. The minimum Gasteiger partial charge on any atom is -0.497 e. The Morgan fingerprint density at radius 1 is 1.22 bits per heavy atom. The summed E-state index contributed by atoms with van der Waals surface area (Å²) in [6.07, 6.45) is 0.439. The number of anilines is 1. The third kappa shape index (κ3) is 2.08. The van der Waals surface area contributed by atoms with E-state index in [1.807, 2.05) is 35.2 Å². The standard InChI is InChI=1S/C19H19NO2S/c1-19(2)14-11-13(22-3)9-8-12(14)10-17(21)20-15-6-4-5-7-16(15)23-18(19)20/h4-9,11,18H,10H2,1-3H3. The molecule has 1 amide bonds. The van der Waals surface area contributed by atoms with Gasteiger partial charge in [0.25, 0.3) is 0 Å². The van der Waals surface area contributed by atoms with Crippen LogP contribution in [-0.2, 0) is 16.6 Å². The average molecular weight is 325 g/mol. The molecule has 0 aliphatic carbocycles. The zero-order valence-corrected chi connectivity index (χ0v) is 14.3. The maximum Gasteiger partial charge on any atom is 0.232 e. The Balaban J connectivity index is 1.89. The highest BCUT2D eigenvalue weighted by molar-refractivity contribution is 8.00. The maximum absolute atomic E-state index is 12.9. The van der Waals surface area contributed by atoms with E-state index in [9.17, 15) is 4.79 Å². The van der Waals surface area contributed by atoms with Crippen LogP contribution in [0, 0.1) is 0 Å². The summed E-state index contributed by atoms with van der Waals surface area (Å²) in [5, 5.41) is 0.0701. The number of thioether (sulfide) groups is 1. The van der Waals surface area contributed by atoms with Gasteiger partial charge in [-0.3, -0.25) is 9.69 Å². The molecule has 118 valence electrons. The molecule has 4 heteroatoms. The normalized spacial score (nSPS) is 21.3. The van der Waals surface area contributed by atoms with Crippen molar-refractivity contribution >= 4 is 23.4 Å². The molecule has 2 heterocycles. The second kappa shape index (κ2) is 5.03. The summed E-state index contributed by atoms with van der Waals surface area (Å²) in [6, 6.07) is 14.3. The predicted molar refractivity (Wildman–Crippen MR) is 93.3 cm³/mol. The second-order valence-corrected chi connectivity index (χ2v) is 7.75. The van der Waals surface area contributed by atoms with Crippen molar-refractivity contribution in [2.45, 2.75) is 36.0 Å². The number of hydrogen-bond donors (Lipinski definition) is 0. The van der Waals surface area contributed by atoms with Crippen molar-refractivity contribution in [2.24, 2.45) is 0 Å². The van der Waals surface area contributed by atoms with E-state index in [1.165, 1.54) is 10.5 Å². The highest BCUT2D eigenvalue weighted by Gasteiger charge is 2.47. The molecule has 4 rings (SSSR count). The highest BCUT2D eigenvalue weighted by atomic mass is 32.2. The van der Waals surface area contributed by atoms with Crippen LogP contribution < -0.4 is 9.64 Å². The molecule has 0 spiro atoms. The van der Waals surface area contributed by atoms with Crippen molar-refractivity contribution in [3.63, 3.8) is 0 Å². The SMILES string of the molecule is COc1ccc2c(c1)C(C)(C)C1Sc3ccccc3N1C(=O)C2. The third-order valence-corrected chi connectivity index (χ3v) is 6.46. The summed E-state index contributed by atoms with van der Waals surface area (Å²) in [6.45, 7) is 4.45. The van der Waals surface area contributed by atoms with Crippen LogP contribution in [-0.4, -0.2) is 18.4 Å². The van der Waals surface area contributed by atoms with Crippen molar-refractivity contribution in [3.8, 4) is 5.75 Å². The molecular weight excluding hydrogens is 306 g/mol. The largest absolute Gasteiger partial charge is 0.497 e. The lowest BCUT2D eigenvalue weighted by Gasteiger charge is -2.35. The van der Waals surface area contributed by atoms with Gasteiger partial charge >= 0.3 is 0 Å². The van der Waals surface area contributed by atoms with Gasteiger partial charge < -0.3 is 4.74 Å². The van der Waals surface area contributed by atoms with Gasteiger partial charge in [0.1, 0.15) is 5.75 Å². The Morgan fingerprint density at radius 2 is 2.00 bits per heavy atom. The van der Waals surface area contributed by atoms with Crippen LogP contribution in [0.5, 0.6) is 5.75 Å². The van der Waals surface area contributed by atoms with Crippen LogP contribution >= 0.6 is 11.8 Å². The Morgan fingerprint density at radius 3 is 2.78 bits per heavy atom. The summed E-state index contributed by atoms with van der Waals surface area (Å²) >= 11 is 1.79. The first-order valence-corrected chi connectivity index (χ1v) is 8.65. The zero-order chi connectivity index (χ0) is 16.2. The van der Waals surface area contributed by atoms with E-state index < -0.39 is 0 Å². The van der Waals surface area contributed by atoms with Gasteiger partial charge in [0, 0.05) is 10.3 Å². The molecule has 2 aromatic carbocycles. The van der Waals surface area contributed by atoms with E-state index in [2.05, 4.69) is 26.0 Å². The van der Waals surface area contributed by atoms with Crippen LogP contribution in [0.4, 0.5) is 5.69 Å². The number of hydrogen-bond acceptors (Lipinski definition) is 3. The molecule has 23 heavy (non-hydrogen) atoms. The monoisotopic (exact) mass is 325 g/mol. The number of ether oxygens (including phenoxy) is 1. The lowest BCUT2D eigenvalue weighted by molar-refractivity contribution is -0.118. The van der Waals surface area contributed by atoms with Crippen molar-refractivity contribution in [3.05, 3.63) is 53.6 Å². The molecule has 0 saturated carbocycles. The minimum absolute atomic E-state index is 0.0701. The molecule has 0 aromatic heterocycles. The van der Waals surface area contributed by atoms with Crippen LogP contribution in [0.1, 0.15) is 25.0 Å². The second-order valence-electron chi connectivity index (χ2n) is 6.62. The Bertz CT molecular complexity index is 800. The molecule has 0 bridgehead atoms.